The molecule has 0 unspecified atom stereocenters. The van der Waals surface area contributed by atoms with Gasteiger partial charge < -0.3 is 5.32 Å². The maximum atomic E-state index is 12.7. The van der Waals surface area contributed by atoms with Crippen LogP contribution in [0.15, 0.2) is 29.3 Å². The fraction of sp³-hybridized carbons (Fsp3) is 0.375. The van der Waals surface area contributed by atoms with Crippen LogP contribution in [0.5, 0.6) is 0 Å². The molecule has 3 aromatic rings. The second kappa shape index (κ2) is 6.79. The van der Waals surface area contributed by atoms with Crippen molar-refractivity contribution < 1.29 is 4.79 Å². The Bertz CT molecular complexity index is 988. The van der Waals surface area contributed by atoms with Gasteiger partial charge in [0.2, 0.25) is 0 Å². The predicted octanol–water partition coefficient (Wildman–Crippen LogP) is 1.03. The Hall–Kier alpha value is -2.88. The minimum absolute atomic E-state index is 0.156. The number of nitrogens with zero attached hydrogens (tertiary/aromatic N) is 6. The summed E-state index contributed by atoms with van der Waals surface area (Å²) in [5, 5.41) is 11.1. The van der Waals surface area contributed by atoms with Gasteiger partial charge in [-0.3, -0.25) is 14.3 Å². The number of aryl methyl sites for hydroxylation is 1. The minimum Gasteiger partial charge on any atom is -0.349 e. The summed E-state index contributed by atoms with van der Waals surface area (Å²) in [4.78, 5) is 29.4. The van der Waals surface area contributed by atoms with Gasteiger partial charge in [-0.2, -0.15) is 0 Å². The molecule has 10 heteroatoms. The van der Waals surface area contributed by atoms with Crippen LogP contribution in [0.2, 0.25) is 0 Å². The molecule has 1 aliphatic carbocycles. The van der Waals surface area contributed by atoms with Gasteiger partial charge in [0.05, 0.1) is 12.2 Å². The molecule has 1 fully saturated rings. The molecule has 3 aromatic heterocycles. The van der Waals surface area contributed by atoms with Crippen LogP contribution in [0, 0.1) is 6.92 Å². The first-order valence-corrected chi connectivity index (χ1v) is 9.09. The maximum absolute atomic E-state index is 12.7. The minimum atomic E-state index is -0.236. The van der Waals surface area contributed by atoms with Gasteiger partial charge in [-0.15, -0.1) is 10.2 Å². The highest BCUT2D eigenvalue weighted by molar-refractivity contribution is 7.07. The van der Waals surface area contributed by atoms with Crippen LogP contribution in [0.3, 0.4) is 0 Å². The molecule has 0 atom stereocenters. The fourth-order valence-corrected chi connectivity index (χ4v) is 3.29. The van der Waals surface area contributed by atoms with Crippen LogP contribution in [-0.4, -0.2) is 41.4 Å². The third-order valence-corrected chi connectivity index (χ3v) is 5.00. The van der Waals surface area contributed by atoms with E-state index < -0.39 is 0 Å². The van der Waals surface area contributed by atoms with Gasteiger partial charge in [0.1, 0.15) is 4.88 Å². The summed E-state index contributed by atoms with van der Waals surface area (Å²) in [6, 6.07) is 3.91. The monoisotopic (exact) mass is 371 g/mol. The zero-order valence-corrected chi connectivity index (χ0v) is 14.9. The summed E-state index contributed by atoms with van der Waals surface area (Å²) in [6.07, 6.45) is 5.35. The maximum Gasteiger partial charge on any atom is 0.346 e. The van der Waals surface area contributed by atoms with Crippen LogP contribution >= 0.6 is 11.5 Å². The Morgan fingerprint density at radius 2 is 2.27 bits per heavy atom. The number of rotatable bonds is 6. The van der Waals surface area contributed by atoms with Crippen molar-refractivity contribution in [3.8, 4) is 11.4 Å². The molecule has 0 bridgehead atoms. The topological polar surface area (TPSA) is 108 Å². The number of aromatic nitrogens is 6. The van der Waals surface area contributed by atoms with Gasteiger partial charge in [-0.05, 0) is 43.4 Å². The van der Waals surface area contributed by atoms with Crippen molar-refractivity contribution in [2.45, 2.75) is 32.4 Å². The fourth-order valence-electron chi connectivity index (χ4n) is 2.71. The van der Waals surface area contributed by atoms with Gasteiger partial charge in [-0.1, -0.05) is 4.49 Å². The molecule has 1 amide bonds. The average Bonchev–Trinajstić information content (AvgIpc) is 3.31. The van der Waals surface area contributed by atoms with E-state index in [2.05, 4.69) is 25.0 Å². The zero-order valence-electron chi connectivity index (χ0n) is 14.1. The van der Waals surface area contributed by atoms with Crippen LogP contribution < -0.4 is 11.0 Å². The summed E-state index contributed by atoms with van der Waals surface area (Å²) in [6.45, 7) is 2.33. The Morgan fingerprint density at radius 3 is 2.92 bits per heavy atom. The Balaban J connectivity index is 1.51. The Morgan fingerprint density at radius 1 is 1.42 bits per heavy atom. The predicted molar refractivity (Wildman–Crippen MR) is 95.0 cm³/mol. The molecule has 134 valence electrons. The molecule has 1 aliphatic rings. The van der Waals surface area contributed by atoms with E-state index in [1.54, 1.807) is 23.9 Å². The molecule has 1 saturated carbocycles. The van der Waals surface area contributed by atoms with E-state index >= 15 is 0 Å². The van der Waals surface area contributed by atoms with Gasteiger partial charge in [0.15, 0.2) is 5.82 Å². The first kappa shape index (κ1) is 16.6. The number of pyridine rings is 1. The molecule has 1 N–H and O–H groups in total. The average molecular weight is 371 g/mol. The van der Waals surface area contributed by atoms with E-state index in [1.807, 2.05) is 12.1 Å². The normalized spacial score (nSPS) is 13.7. The molecule has 4 rings (SSSR count). The molecule has 26 heavy (non-hydrogen) atoms. The quantitative estimate of drug-likeness (QED) is 0.693. The number of hydrogen-bond acceptors (Lipinski definition) is 7. The second-order valence-electron chi connectivity index (χ2n) is 6.12. The van der Waals surface area contributed by atoms with Crippen molar-refractivity contribution in [3.05, 3.63) is 45.6 Å². The van der Waals surface area contributed by atoms with Gasteiger partial charge in [-0.25, -0.2) is 9.48 Å². The molecule has 0 saturated heterocycles. The smallest absolute Gasteiger partial charge is 0.346 e. The summed E-state index contributed by atoms with van der Waals surface area (Å²) in [5.41, 5.74) is 1.25. The third-order valence-electron chi connectivity index (χ3n) is 4.17. The van der Waals surface area contributed by atoms with E-state index in [1.165, 1.54) is 4.68 Å². The number of carbonyl (C=O) groups excluding carboxylic acids is 1. The lowest BCUT2D eigenvalue weighted by Crippen LogP contribution is -2.32. The molecule has 3 heterocycles. The van der Waals surface area contributed by atoms with Gasteiger partial charge in [0, 0.05) is 30.5 Å². The highest BCUT2D eigenvalue weighted by Gasteiger charge is 2.30. The van der Waals surface area contributed by atoms with Crippen LogP contribution in [0.4, 0.5) is 0 Å². The Kier molecular flexibility index (Phi) is 4.33. The molecule has 9 nitrogen and oxygen atoms in total. The highest BCUT2D eigenvalue weighted by atomic mass is 32.1. The summed E-state index contributed by atoms with van der Waals surface area (Å²) < 4.78 is 6.89. The van der Waals surface area contributed by atoms with E-state index in [9.17, 15) is 9.59 Å². The first-order chi connectivity index (χ1) is 12.6. The van der Waals surface area contributed by atoms with E-state index in [-0.39, 0.29) is 17.6 Å². The van der Waals surface area contributed by atoms with Crippen LogP contribution in [0.1, 0.15) is 34.2 Å². The lowest BCUT2D eigenvalue weighted by atomic mass is 10.3. The standard InChI is InChI=1S/C16H17N7O2S/c1-10-13(26-21-19-10)15(24)18-7-8-22-16(25)23(12-4-5-12)14(20-22)11-3-2-6-17-9-11/h2-3,6,9,12H,4-5,7-8H2,1H3,(H,18,24). The number of amides is 1. The molecule has 0 radical (unpaired) electrons. The molecular weight excluding hydrogens is 354 g/mol. The summed E-state index contributed by atoms with van der Waals surface area (Å²) in [7, 11) is 0. The van der Waals surface area contributed by atoms with Crippen molar-refractivity contribution >= 4 is 17.4 Å². The molecule has 0 aromatic carbocycles. The molecule has 0 aliphatic heterocycles. The third kappa shape index (κ3) is 3.15. The van der Waals surface area contributed by atoms with Crippen molar-refractivity contribution in [2.24, 2.45) is 0 Å². The number of nitrogens with one attached hydrogen (secondary N) is 1. The molecule has 0 spiro atoms. The number of carbonyl (C=O) groups is 1. The largest absolute Gasteiger partial charge is 0.349 e. The van der Waals surface area contributed by atoms with Crippen LogP contribution in [0.25, 0.3) is 11.4 Å². The van der Waals surface area contributed by atoms with E-state index in [0.29, 0.717) is 29.5 Å². The van der Waals surface area contributed by atoms with Crippen molar-refractivity contribution in [1.82, 2.24) is 34.2 Å². The van der Waals surface area contributed by atoms with Gasteiger partial charge in [0.25, 0.3) is 5.91 Å². The lowest BCUT2D eigenvalue weighted by molar-refractivity contribution is 0.0955. The summed E-state index contributed by atoms with van der Waals surface area (Å²) >= 11 is 1.05. The van der Waals surface area contributed by atoms with Crippen LogP contribution in [-0.2, 0) is 6.54 Å². The lowest BCUT2D eigenvalue weighted by Gasteiger charge is -2.03. The Labute approximate surface area is 152 Å². The highest BCUT2D eigenvalue weighted by Crippen LogP contribution is 2.36. The van der Waals surface area contributed by atoms with E-state index in [4.69, 9.17) is 0 Å². The zero-order chi connectivity index (χ0) is 18.1. The SMILES string of the molecule is Cc1nnsc1C(=O)NCCn1nc(-c2cccnc2)n(C2CC2)c1=O. The van der Waals surface area contributed by atoms with Crippen molar-refractivity contribution in [2.75, 3.05) is 6.54 Å². The van der Waals surface area contributed by atoms with Crippen molar-refractivity contribution in [3.63, 3.8) is 0 Å². The summed E-state index contributed by atoms with van der Waals surface area (Å²) in [5.74, 6) is 0.388. The molecular formula is C16H17N7O2S. The van der Waals surface area contributed by atoms with Gasteiger partial charge >= 0.3 is 5.69 Å². The number of hydrogen-bond donors (Lipinski definition) is 1. The van der Waals surface area contributed by atoms with E-state index in [0.717, 1.165) is 29.9 Å². The second-order valence-corrected chi connectivity index (χ2v) is 6.87. The van der Waals surface area contributed by atoms with Crippen molar-refractivity contribution in [1.29, 1.82) is 0 Å². The first-order valence-electron chi connectivity index (χ1n) is 8.32.